The molecule has 3 fully saturated rings. The molecule has 0 bridgehead atoms. The maximum Gasteiger partial charge on any atom is 0.239 e. The molecule has 0 unspecified atom stereocenters. The third-order valence-corrected chi connectivity index (χ3v) is 5.75. The smallest absolute Gasteiger partial charge is 0.239 e. The average molecular weight is 303 g/mol. The van der Waals surface area contributed by atoms with Gasteiger partial charge in [-0.3, -0.25) is 4.79 Å². The molecule has 1 saturated carbocycles. The molecule has 1 amide bonds. The standard InChI is InChI=1S/C16H25N5O/c22-16(15-9-12-3-1-2-4-14(12)19-15)20-7-5-13(6-8-20)21-11-17-10-18-21/h10-15,19H,1-9H2/t12-,14-,15+/m1/s1. The Bertz CT molecular complexity index is 495. The third kappa shape index (κ3) is 2.64. The molecule has 6 nitrogen and oxygen atoms in total. The quantitative estimate of drug-likeness (QED) is 0.896. The number of nitrogens with one attached hydrogen (secondary N) is 1. The summed E-state index contributed by atoms with van der Waals surface area (Å²) < 4.78 is 1.93. The molecule has 3 atom stereocenters. The average Bonchev–Trinajstić information content (AvgIpc) is 3.23. The zero-order chi connectivity index (χ0) is 14.9. The summed E-state index contributed by atoms with van der Waals surface area (Å²) in [4.78, 5) is 18.8. The molecule has 3 heterocycles. The second kappa shape index (κ2) is 5.99. The van der Waals surface area contributed by atoms with E-state index >= 15 is 0 Å². The lowest BCUT2D eigenvalue weighted by molar-refractivity contribution is -0.134. The highest BCUT2D eigenvalue weighted by molar-refractivity contribution is 5.82. The molecule has 0 radical (unpaired) electrons. The van der Waals surface area contributed by atoms with Crippen molar-refractivity contribution in [2.24, 2.45) is 5.92 Å². The monoisotopic (exact) mass is 303 g/mol. The van der Waals surface area contributed by atoms with Crippen LogP contribution >= 0.6 is 0 Å². The van der Waals surface area contributed by atoms with E-state index in [4.69, 9.17) is 0 Å². The molecule has 3 aliphatic rings. The van der Waals surface area contributed by atoms with Gasteiger partial charge in [-0.25, -0.2) is 9.67 Å². The van der Waals surface area contributed by atoms with Crippen molar-refractivity contribution in [1.82, 2.24) is 25.0 Å². The summed E-state index contributed by atoms with van der Waals surface area (Å²) >= 11 is 0. The first-order valence-electron chi connectivity index (χ1n) is 8.70. The minimum atomic E-state index is 0.0658. The fourth-order valence-corrected chi connectivity index (χ4v) is 4.49. The largest absolute Gasteiger partial charge is 0.341 e. The van der Waals surface area contributed by atoms with Crippen molar-refractivity contribution in [2.45, 2.75) is 63.1 Å². The highest BCUT2D eigenvalue weighted by Crippen LogP contribution is 2.34. The van der Waals surface area contributed by atoms with E-state index in [1.54, 1.807) is 12.7 Å². The fourth-order valence-electron chi connectivity index (χ4n) is 4.49. The first kappa shape index (κ1) is 14.2. The van der Waals surface area contributed by atoms with Crippen LogP contribution in [0.1, 0.15) is 51.0 Å². The number of piperidine rings is 1. The summed E-state index contributed by atoms with van der Waals surface area (Å²) in [5, 5.41) is 7.84. The molecular weight excluding hydrogens is 278 g/mol. The van der Waals surface area contributed by atoms with Gasteiger partial charge in [-0.2, -0.15) is 5.10 Å². The number of fused-ring (bicyclic) bond motifs is 1. The van der Waals surface area contributed by atoms with Crippen molar-refractivity contribution in [3.05, 3.63) is 12.7 Å². The fraction of sp³-hybridized carbons (Fsp3) is 0.812. The van der Waals surface area contributed by atoms with Gasteiger partial charge in [0, 0.05) is 19.1 Å². The van der Waals surface area contributed by atoms with Crippen molar-refractivity contribution in [3.8, 4) is 0 Å². The number of nitrogens with zero attached hydrogens (tertiary/aromatic N) is 4. The SMILES string of the molecule is O=C([C@@H]1C[C@H]2CCCC[C@H]2N1)N1CCC(n2cncn2)CC1. The third-order valence-electron chi connectivity index (χ3n) is 5.75. The minimum Gasteiger partial charge on any atom is -0.341 e. The van der Waals surface area contributed by atoms with Crippen LogP contribution in [0, 0.1) is 5.92 Å². The lowest BCUT2D eigenvalue weighted by Crippen LogP contribution is -2.48. The Morgan fingerprint density at radius 2 is 1.95 bits per heavy atom. The van der Waals surface area contributed by atoms with E-state index in [1.165, 1.54) is 25.7 Å². The van der Waals surface area contributed by atoms with Gasteiger partial charge in [0.05, 0.1) is 12.1 Å². The van der Waals surface area contributed by atoms with Crippen LogP contribution in [0.5, 0.6) is 0 Å². The summed E-state index contributed by atoms with van der Waals surface area (Å²) in [6.07, 6.45) is 11.6. The summed E-state index contributed by atoms with van der Waals surface area (Å²) in [5.41, 5.74) is 0. The number of rotatable bonds is 2. The van der Waals surface area contributed by atoms with E-state index in [0.717, 1.165) is 38.3 Å². The molecule has 2 saturated heterocycles. The van der Waals surface area contributed by atoms with E-state index in [2.05, 4.69) is 20.3 Å². The second-order valence-electron chi connectivity index (χ2n) is 7.04. The Morgan fingerprint density at radius 3 is 2.68 bits per heavy atom. The molecule has 0 aromatic carbocycles. The van der Waals surface area contributed by atoms with Crippen LogP contribution in [-0.4, -0.2) is 50.7 Å². The van der Waals surface area contributed by atoms with Gasteiger partial charge in [0.25, 0.3) is 0 Å². The van der Waals surface area contributed by atoms with E-state index in [1.807, 2.05) is 4.68 Å². The van der Waals surface area contributed by atoms with Gasteiger partial charge in [0.1, 0.15) is 12.7 Å². The Kier molecular flexibility index (Phi) is 3.86. The lowest BCUT2D eigenvalue weighted by Gasteiger charge is -2.33. The first-order valence-corrected chi connectivity index (χ1v) is 8.70. The Morgan fingerprint density at radius 1 is 1.14 bits per heavy atom. The Labute approximate surface area is 131 Å². The van der Waals surface area contributed by atoms with Crippen LogP contribution < -0.4 is 5.32 Å². The normalized spacial score (nSPS) is 32.9. The number of likely N-dealkylation sites (tertiary alicyclic amines) is 1. The summed E-state index contributed by atoms with van der Waals surface area (Å²) in [5.74, 6) is 1.06. The zero-order valence-electron chi connectivity index (χ0n) is 13.0. The topological polar surface area (TPSA) is 63.1 Å². The van der Waals surface area contributed by atoms with Crippen molar-refractivity contribution in [1.29, 1.82) is 0 Å². The van der Waals surface area contributed by atoms with E-state index in [9.17, 15) is 4.79 Å². The number of amides is 1. The van der Waals surface area contributed by atoms with Crippen LogP contribution in [0.4, 0.5) is 0 Å². The Balaban J connectivity index is 1.32. The van der Waals surface area contributed by atoms with Crippen LogP contribution in [0.25, 0.3) is 0 Å². The molecule has 22 heavy (non-hydrogen) atoms. The molecule has 6 heteroatoms. The molecular formula is C16H25N5O. The van der Waals surface area contributed by atoms with Gasteiger partial charge in [0.2, 0.25) is 5.91 Å². The van der Waals surface area contributed by atoms with Crippen LogP contribution in [-0.2, 0) is 4.79 Å². The van der Waals surface area contributed by atoms with Crippen molar-refractivity contribution in [2.75, 3.05) is 13.1 Å². The van der Waals surface area contributed by atoms with Gasteiger partial charge in [-0.1, -0.05) is 12.8 Å². The van der Waals surface area contributed by atoms with Crippen LogP contribution in [0.3, 0.4) is 0 Å². The van der Waals surface area contributed by atoms with Gasteiger partial charge >= 0.3 is 0 Å². The van der Waals surface area contributed by atoms with Gasteiger partial charge < -0.3 is 10.2 Å². The number of carbonyl (C=O) groups is 1. The predicted molar refractivity (Wildman–Crippen MR) is 82.2 cm³/mol. The summed E-state index contributed by atoms with van der Waals surface area (Å²) in [6.45, 7) is 1.69. The summed E-state index contributed by atoms with van der Waals surface area (Å²) in [7, 11) is 0. The number of aromatic nitrogens is 3. The highest BCUT2D eigenvalue weighted by atomic mass is 16.2. The molecule has 1 aliphatic carbocycles. The van der Waals surface area contributed by atoms with Gasteiger partial charge in [-0.15, -0.1) is 0 Å². The van der Waals surface area contributed by atoms with Crippen molar-refractivity contribution in [3.63, 3.8) is 0 Å². The molecule has 2 aliphatic heterocycles. The zero-order valence-corrected chi connectivity index (χ0v) is 13.0. The van der Waals surface area contributed by atoms with Crippen molar-refractivity contribution < 1.29 is 4.79 Å². The molecule has 1 aromatic heterocycles. The highest BCUT2D eigenvalue weighted by Gasteiger charge is 2.40. The van der Waals surface area contributed by atoms with Gasteiger partial charge in [0.15, 0.2) is 0 Å². The lowest BCUT2D eigenvalue weighted by atomic mass is 9.85. The molecule has 1 N–H and O–H groups in total. The molecule has 4 rings (SSSR count). The first-order chi connectivity index (χ1) is 10.8. The number of carbonyl (C=O) groups excluding carboxylic acids is 1. The maximum absolute atomic E-state index is 12.8. The summed E-state index contributed by atoms with van der Waals surface area (Å²) in [6, 6.07) is 1.05. The maximum atomic E-state index is 12.8. The predicted octanol–water partition coefficient (Wildman–Crippen LogP) is 1.36. The minimum absolute atomic E-state index is 0.0658. The number of hydrogen-bond acceptors (Lipinski definition) is 4. The van der Waals surface area contributed by atoms with Crippen LogP contribution in [0.2, 0.25) is 0 Å². The van der Waals surface area contributed by atoms with Gasteiger partial charge in [-0.05, 0) is 38.0 Å². The number of hydrogen-bond donors (Lipinski definition) is 1. The van der Waals surface area contributed by atoms with Crippen LogP contribution in [0.15, 0.2) is 12.7 Å². The van der Waals surface area contributed by atoms with Crippen molar-refractivity contribution >= 4 is 5.91 Å². The molecule has 120 valence electrons. The Hall–Kier alpha value is -1.43. The molecule has 0 spiro atoms. The van der Waals surface area contributed by atoms with E-state index < -0.39 is 0 Å². The van der Waals surface area contributed by atoms with E-state index in [0.29, 0.717) is 18.0 Å². The second-order valence-corrected chi connectivity index (χ2v) is 7.04. The van der Waals surface area contributed by atoms with E-state index in [-0.39, 0.29) is 6.04 Å². The molecule has 1 aromatic rings.